The number of fused-ring (bicyclic) bond motifs is 1. The van der Waals surface area contributed by atoms with Crippen molar-refractivity contribution in [2.24, 2.45) is 0 Å². The van der Waals surface area contributed by atoms with E-state index in [2.05, 4.69) is 40.3 Å². The number of rotatable bonds is 4. The summed E-state index contributed by atoms with van der Waals surface area (Å²) in [5, 5.41) is 12.8. The number of nitrogens with one attached hydrogen (secondary N) is 1. The first-order valence-electron chi connectivity index (χ1n) is 7.76. The molecular formula is C18H20N4. The highest BCUT2D eigenvalue weighted by Crippen LogP contribution is 2.41. The largest absolute Gasteiger partial charge is 0.348 e. The number of benzene rings is 1. The molecule has 0 radical (unpaired) electrons. The first-order valence-corrected chi connectivity index (χ1v) is 7.76. The minimum absolute atomic E-state index is 0.192. The van der Waals surface area contributed by atoms with Crippen LogP contribution in [-0.4, -0.2) is 11.1 Å². The van der Waals surface area contributed by atoms with Crippen molar-refractivity contribution in [1.29, 1.82) is 5.26 Å². The molecule has 3 rings (SSSR count). The van der Waals surface area contributed by atoms with Gasteiger partial charge in [0.2, 0.25) is 0 Å². The number of nitrogens with zero attached hydrogens (tertiary/aromatic N) is 3. The van der Waals surface area contributed by atoms with Crippen molar-refractivity contribution < 1.29 is 0 Å². The monoisotopic (exact) mass is 292 g/mol. The average molecular weight is 292 g/mol. The summed E-state index contributed by atoms with van der Waals surface area (Å²) in [5.41, 5.74) is 3.91. The maximum atomic E-state index is 9.29. The van der Waals surface area contributed by atoms with Crippen LogP contribution < -0.4 is 10.2 Å². The van der Waals surface area contributed by atoms with E-state index in [-0.39, 0.29) is 6.17 Å². The highest BCUT2D eigenvalue weighted by Gasteiger charge is 2.31. The van der Waals surface area contributed by atoms with Crippen LogP contribution >= 0.6 is 0 Å². The number of pyridine rings is 1. The van der Waals surface area contributed by atoms with E-state index in [0.29, 0.717) is 0 Å². The van der Waals surface area contributed by atoms with Gasteiger partial charge >= 0.3 is 0 Å². The molecule has 1 aromatic carbocycles. The van der Waals surface area contributed by atoms with Gasteiger partial charge in [-0.3, -0.25) is 0 Å². The number of anilines is 3. The van der Waals surface area contributed by atoms with Gasteiger partial charge in [-0.15, -0.1) is 0 Å². The molecule has 1 unspecified atom stereocenters. The second-order valence-electron chi connectivity index (χ2n) is 5.61. The minimum atomic E-state index is 0.192. The van der Waals surface area contributed by atoms with Gasteiger partial charge < -0.3 is 10.2 Å². The van der Waals surface area contributed by atoms with Crippen LogP contribution in [0, 0.1) is 18.3 Å². The van der Waals surface area contributed by atoms with E-state index in [4.69, 9.17) is 0 Å². The summed E-state index contributed by atoms with van der Waals surface area (Å²) in [4.78, 5) is 6.73. The highest BCUT2D eigenvalue weighted by molar-refractivity contribution is 5.81. The van der Waals surface area contributed by atoms with Crippen LogP contribution in [0.2, 0.25) is 0 Å². The summed E-state index contributed by atoms with van der Waals surface area (Å²) < 4.78 is 0. The fraction of sp³-hybridized carbons (Fsp3) is 0.333. The highest BCUT2D eigenvalue weighted by atomic mass is 15.4. The predicted octanol–water partition coefficient (Wildman–Crippen LogP) is 4.34. The number of hydrogen-bond donors (Lipinski definition) is 1. The molecule has 1 aliphatic rings. The van der Waals surface area contributed by atoms with Crippen molar-refractivity contribution >= 4 is 17.2 Å². The summed E-state index contributed by atoms with van der Waals surface area (Å²) in [6.45, 7) is 4.21. The standard InChI is InChI=1S/C18H20N4/c1-3-4-10-17-21-18-16(9-6-11-20-18)22(17)15-8-5-7-14(12-19)13(15)2/h5-9,11,17H,3-4,10H2,1-2H3,(H,20,21). The normalized spacial score (nSPS) is 16.0. The predicted molar refractivity (Wildman–Crippen MR) is 89.2 cm³/mol. The Labute approximate surface area is 131 Å². The van der Waals surface area contributed by atoms with Crippen molar-refractivity contribution in [3.8, 4) is 6.07 Å². The molecule has 1 atom stereocenters. The van der Waals surface area contributed by atoms with Crippen molar-refractivity contribution in [2.45, 2.75) is 39.3 Å². The number of unbranched alkanes of at least 4 members (excludes halogenated alkanes) is 1. The summed E-state index contributed by atoms with van der Waals surface area (Å²) in [7, 11) is 0. The summed E-state index contributed by atoms with van der Waals surface area (Å²) in [6.07, 6.45) is 5.36. The molecule has 0 saturated heterocycles. The van der Waals surface area contributed by atoms with Gasteiger partial charge in [-0.25, -0.2) is 4.98 Å². The Hall–Kier alpha value is -2.54. The van der Waals surface area contributed by atoms with E-state index in [9.17, 15) is 5.26 Å². The molecule has 1 aromatic heterocycles. The average Bonchev–Trinajstić information content (AvgIpc) is 2.91. The molecule has 112 valence electrons. The molecule has 2 aromatic rings. The Balaban J connectivity index is 2.07. The third-order valence-electron chi connectivity index (χ3n) is 4.18. The molecule has 4 heteroatoms. The topological polar surface area (TPSA) is 52.0 Å². The lowest BCUT2D eigenvalue weighted by Gasteiger charge is -2.28. The van der Waals surface area contributed by atoms with E-state index < -0.39 is 0 Å². The molecule has 0 aliphatic carbocycles. The Morgan fingerprint density at radius 1 is 1.27 bits per heavy atom. The van der Waals surface area contributed by atoms with Crippen LogP contribution in [-0.2, 0) is 0 Å². The van der Waals surface area contributed by atoms with E-state index >= 15 is 0 Å². The minimum Gasteiger partial charge on any atom is -0.348 e. The summed E-state index contributed by atoms with van der Waals surface area (Å²) in [5.74, 6) is 0.922. The fourth-order valence-corrected chi connectivity index (χ4v) is 2.99. The zero-order valence-electron chi connectivity index (χ0n) is 13.0. The fourth-order valence-electron chi connectivity index (χ4n) is 2.99. The van der Waals surface area contributed by atoms with E-state index in [0.717, 1.165) is 47.6 Å². The first kappa shape index (κ1) is 14.4. The van der Waals surface area contributed by atoms with Gasteiger partial charge in [-0.2, -0.15) is 5.26 Å². The molecule has 0 amide bonds. The zero-order chi connectivity index (χ0) is 15.5. The molecule has 0 saturated carbocycles. The Morgan fingerprint density at radius 3 is 2.86 bits per heavy atom. The number of nitriles is 1. The number of hydrogen-bond acceptors (Lipinski definition) is 4. The molecular weight excluding hydrogens is 272 g/mol. The van der Waals surface area contributed by atoms with E-state index in [1.54, 1.807) is 0 Å². The van der Waals surface area contributed by atoms with Gasteiger partial charge in [0.1, 0.15) is 6.17 Å². The van der Waals surface area contributed by atoms with Crippen LogP contribution in [0.15, 0.2) is 36.5 Å². The van der Waals surface area contributed by atoms with Gasteiger partial charge in [0.15, 0.2) is 5.82 Å². The Morgan fingerprint density at radius 2 is 2.09 bits per heavy atom. The first-order chi connectivity index (χ1) is 10.8. The van der Waals surface area contributed by atoms with Gasteiger partial charge in [0.25, 0.3) is 0 Å². The van der Waals surface area contributed by atoms with Crippen molar-refractivity contribution in [3.05, 3.63) is 47.7 Å². The second kappa shape index (κ2) is 6.07. The van der Waals surface area contributed by atoms with Crippen molar-refractivity contribution in [3.63, 3.8) is 0 Å². The molecule has 4 nitrogen and oxygen atoms in total. The van der Waals surface area contributed by atoms with Crippen molar-refractivity contribution in [2.75, 3.05) is 10.2 Å². The van der Waals surface area contributed by atoms with E-state index in [1.807, 2.05) is 31.3 Å². The maximum absolute atomic E-state index is 9.29. The molecule has 0 fully saturated rings. The molecule has 1 aliphatic heterocycles. The van der Waals surface area contributed by atoms with Crippen LogP contribution in [0.4, 0.5) is 17.2 Å². The lowest BCUT2D eigenvalue weighted by Crippen LogP contribution is -2.32. The molecule has 22 heavy (non-hydrogen) atoms. The molecule has 0 bridgehead atoms. The van der Waals surface area contributed by atoms with Crippen LogP contribution in [0.5, 0.6) is 0 Å². The summed E-state index contributed by atoms with van der Waals surface area (Å²) in [6, 6.07) is 12.2. The lowest BCUT2D eigenvalue weighted by molar-refractivity contribution is 0.626. The Kier molecular flexibility index (Phi) is 3.97. The third-order valence-corrected chi connectivity index (χ3v) is 4.18. The summed E-state index contributed by atoms with van der Waals surface area (Å²) >= 11 is 0. The SMILES string of the molecule is CCCCC1Nc2ncccc2N1c1cccc(C#N)c1C. The van der Waals surface area contributed by atoms with Crippen LogP contribution in [0.3, 0.4) is 0 Å². The van der Waals surface area contributed by atoms with Crippen molar-refractivity contribution in [1.82, 2.24) is 4.98 Å². The van der Waals surface area contributed by atoms with E-state index in [1.165, 1.54) is 0 Å². The quantitative estimate of drug-likeness (QED) is 0.910. The Bertz CT molecular complexity index is 717. The maximum Gasteiger partial charge on any atom is 0.151 e. The second-order valence-corrected chi connectivity index (χ2v) is 5.61. The van der Waals surface area contributed by atoms with Gasteiger partial charge in [-0.05, 0) is 49.6 Å². The van der Waals surface area contributed by atoms with Crippen LogP contribution in [0.25, 0.3) is 0 Å². The van der Waals surface area contributed by atoms with Crippen LogP contribution in [0.1, 0.15) is 37.3 Å². The molecule has 2 heterocycles. The lowest BCUT2D eigenvalue weighted by atomic mass is 10.1. The van der Waals surface area contributed by atoms with Gasteiger partial charge in [-0.1, -0.05) is 19.4 Å². The van der Waals surface area contributed by atoms with Gasteiger partial charge in [0.05, 0.1) is 17.3 Å². The van der Waals surface area contributed by atoms with Gasteiger partial charge in [0, 0.05) is 11.9 Å². The zero-order valence-corrected chi connectivity index (χ0v) is 13.0. The number of aromatic nitrogens is 1. The molecule has 1 N–H and O–H groups in total. The molecule has 0 spiro atoms. The third kappa shape index (κ3) is 2.39. The smallest absolute Gasteiger partial charge is 0.151 e.